The zero-order valence-corrected chi connectivity index (χ0v) is 16.8. The monoisotopic (exact) mass is 419 g/mol. The van der Waals surface area contributed by atoms with E-state index in [1.165, 1.54) is 18.5 Å². The summed E-state index contributed by atoms with van der Waals surface area (Å²) in [5, 5.41) is 13.2. The standard InChI is InChI=1S/C25H17N5O2/c31-21-13-27-10-8-16(21)25(32)30-23-15-5-2-1-4-14(15)22-17(23)6-3-7-18(22)24-28-19-9-11-26-12-20(19)29-24/h1-13,23,31H,(H,28,29)(H,30,32)/t23-/m1/s1. The molecule has 6 rings (SSSR count). The third-order valence-corrected chi connectivity index (χ3v) is 5.81. The van der Waals surface area contributed by atoms with E-state index in [2.05, 4.69) is 26.3 Å². The van der Waals surface area contributed by atoms with Gasteiger partial charge in [-0.3, -0.25) is 14.8 Å². The maximum absolute atomic E-state index is 13.0. The molecule has 0 saturated carbocycles. The number of imidazole rings is 1. The number of fused-ring (bicyclic) bond motifs is 4. The van der Waals surface area contributed by atoms with Gasteiger partial charge in [-0.15, -0.1) is 0 Å². The lowest BCUT2D eigenvalue weighted by Gasteiger charge is -2.16. The fourth-order valence-electron chi connectivity index (χ4n) is 4.38. The van der Waals surface area contributed by atoms with Crippen molar-refractivity contribution in [1.82, 2.24) is 25.3 Å². The van der Waals surface area contributed by atoms with Gasteiger partial charge in [-0.1, -0.05) is 42.5 Å². The SMILES string of the molecule is O=C(N[C@@H]1c2ccccc2-c2c(-c3nc4ccncc4[nH]3)cccc21)c1ccncc1O. The molecule has 0 fully saturated rings. The number of nitrogens with one attached hydrogen (secondary N) is 2. The lowest BCUT2D eigenvalue weighted by molar-refractivity contribution is 0.0941. The summed E-state index contributed by atoms with van der Waals surface area (Å²) < 4.78 is 0. The number of nitrogens with zero attached hydrogens (tertiary/aromatic N) is 3. The van der Waals surface area contributed by atoms with Crippen molar-refractivity contribution in [3.05, 3.63) is 96.1 Å². The van der Waals surface area contributed by atoms with Crippen LogP contribution in [0.5, 0.6) is 5.75 Å². The van der Waals surface area contributed by atoms with Crippen LogP contribution in [-0.2, 0) is 0 Å². The van der Waals surface area contributed by atoms with Crippen LogP contribution in [0.1, 0.15) is 27.5 Å². The van der Waals surface area contributed by atoms with E-state index in [0.29, 0.717) is 0 Å². The summed E-state index contributed by atoms with van der Waals surface area (Å²) in [5.41, 5.74) is 6.89. The van der Waals surface area contributed by atoms with Crippen LogP contribution in [0.15, 0.2) is 79.4 Å². The molecular formula is C25H17N5O2. The smallest absolute Gasteiger partial charge is 0.255 e. The maximum Gasteiger partial charge on any atom is 0.255 e. The number of pyridine rings is 2. The Balaban J connectivity index is 1.49. The fraction of sp³-hybridized carbons (Fsp3) is 0.0400. The van der Waals surface area contributed by atoms with Crippen molar-refractivity contribution in [2.75, 3.05) is 0 Å². The van der Waals surface area contributed by atoms with Crippen LogP contribution in [0, 0.1) is 0 Å². The molecule has 0 radical (unpaired) electrons. The first-order valence-electron chi connectivity index (χ1n) is 10.2. The van der Waals surface area contributed by atoms with E-state index < -0.39 is 0 Å². The molecule has 3 aromatic heterocycles. The van der Waals surface area contributed by atoms with Crippen molar-refractivity contribution in [2.24, 2.45) is 0 Å². The molecule has 3 N–H and O–H groups in total. The molecule has 1 aliphatic carbocycles. The Morgan fingerprint density at radius 3 is 2.56 bits per heavy atom. The zero-order chi connectivity index (χ0) is 21.7. The summed E-state index contributed by atoms with van der Waals surface area (Å²) >= 11 is 0. The Morgan fingerprint density at radius 1 is 0.906 bits per heavy atom. The Bertz CT molecular complexity index is 1470. The van der Waals surface area contributed by atoms with Crippen molar-refractivity contribution in [3.63, 3.8) is 0 Å². The molecule has 154 valence electrons. The van der Waals surface area contributed by atoms with E-state index in [9.17, 15) is 9.90 Å². The molecule has 0 aliphatic heterocycles. The normalized spacial score (nSPS) is 14.2. The van der Waals surface area contributed by atoms with Crippen LogP contribution < -0.4 is 5.32 Å². The number of amides is 1. The predicted molar refractivity (Wildman–Crippen MR) is 120 cm³/mol. The molecule has 7 heteroatoms. The molecule has 5 aromatic rings. The molecule has 0 spiro atoms. The second-order valence-corrected chi connectivity index (χ2v) is 7.63. The van der Waals surface area contributed by atoms with E-state index >= 15 is 0 Å². The number of aromatic hydroxyl groups is 1. The van der Waals surface area contributed by atoms with Crippen LogP contribution >= 0.6 is 0 Å². The van der Waals surface area contributed by atoms with E-state index in [4.69, 9.17) is 4.98 Å². The molecule has 3 heterocycles. The topological polar surface area (TPSA) is 104 Å². The molecule has 0 saturated heterocycles. The zero-order valence-electron chi connectivity index (χ0n) is 16.8. The predicted octanol–water partition coefficient (Wildman–Crippen LogP) is 4.23. The summed E-state index contributed by atoms with van der Waals surface area (Å²) in [4.78, 5) is 29.1. The van der Waals surface area contributed by atoms with Gasteiger partial charge in [0.2, 0.25) is 0 Å². The van der Waals surface area contributed by atoms with Gasteiger partial charge in [-0.2, -0.15) is 0 Å². The van der Waals surface area contributed by atoms with Crippen molar-refractivity contribution in [2.45, 2.75) is 6.04 Å². The Morgan fingerprint density at radius 2 is 1.69 bits per heavy atom. The minimum absolute atomic E-state index is 0.152. The van der Waals surface area contributed by atoms with Crippen LogP contribution in [0.2, 0.25) is 0 Å². The highest BCUT2D eigenvalue weighted by molar-refractivity contribution is 5.99. The number of H-pyrrole nitrogens is 1. The number of rotatable bonds is 3. The van der Waals surface area contributed by atoms with E-state index in [0.717, 1.165) is 44.7 Å². The van der Waals surface area contributed by atoms with Gasteiger partial charge >= 0.3 is 0 Å². The van der Waals surface area contributed by atoms with Crippen molar-refractivity contribution in [3.8, 4) is 28.3 Å². The van der Waals surface area contributed by atoms with Crippen LogP contribution in [0.4, 0.5) is 0 Å². The lowest BCUT2D eigenvalue weighted by atomic mass is 9.98. The van der Waals surface area contributed by atoms with Crippen LogP contribution in [0.25, 0.3) is 33.5 Å². The molecule has 1 amide bonds. The maximum atomic E-state index is 13.0. The van der Waals surface area contributed by atoms with Crippen molar-refractivity contribution in [1.29, 1.82) is 0 Å². The molecule has 32 heavy (non-hydrogen) atoms. The summed E-state index contributed by atoms with van der Waals surface area (Å²) in [6.45, 7) is 0. The van der Waals surface area contributed by atoms with Crippen molar-refractivity contribution >= 4 is 16.9 Å². The second-order valence-electron chi connectivity index (χ2n) is 7.63. The first kappa shape index (κ1) is 18.3. The number of hydrogen-bond donors (Lipinski definition) is 3. The summed E-state index contributed by atoms with van der Waals surface area (Å²) in [7, 11) is 0. The van der Waals surface area contributed by atoms with Gasteiger partial charge in [-0.25, -0.2) is 4.98 Å². The number of carbonyl (C=O) groups excluding carboxylic acids is 1. The largest absolute Gasteiger partial charge is 0.505 e. The fourth-order valence-corrected chi connectivity index (χ4v) is 4.38. The highest BCUT2D eigenvalue weighted by atomic mass is 16.3. The van der Waals surface area contributed by atoms with Gasteiger partial charge in [0.1, 0.15) is 11.6 Å². The highest BCUT2D eigenvalue weighted by Gasteiger charge is 2.32. The number of carbonyl (C=O) groups is 1. The average Bonchev–Trinajstić information content (AvgIpc) is 3.39. The molecule has 0 bridgehead atoms. The van der Waals surface area contributed by atoms with E-state index in [1.807, 2.05) is 42.5 Å². The van der Waals surface area contributed by atoms with Crippen LogP contribution in [0.3, 0.4) is 0 Å². The summed E-state index contributed by atoms with van der Waals surface area (Å²) in [6.07, 6.45) is 6.23. The lowest BCUT2D eigenvalue weighted by Crippen LogP contribution is -2.28. The van der Waals surface area contributed by atoms with Gasteiger partial charge in [-0.05, 0) is 34.4 Å². The molecule has 1 atom stereocenters. The van der Waals surface area contributed by atoms with Gasteiger partial charge < -0.3 is 15.4 Å². The first-order valence-corrected chi connectivity index (χ1v) is 10.2. The highest BCUT2D eigenvalue weighted by Crippen LogP contribution is 2.47. The van der Waals surface area contributed by atoms with Crippen molar-refractivity contribution < 1.29 is 9.90 Å². The first-order chi connectivity index (χ1) is 15.7. The number of aromatic amines is 1. The third kappa shape index (κ3) is 2.75. The summed E-state index contributed by atoms with van der Waals surface area (Å²) in [6, 6.07) is 17.0. The average molecular weight is 419 g/mol. The van der Waals surface area contributed by atoms with Crippen LogP contribution in [-0.4, -0.2) is 30.9 Å². The van der Waals surface area contributed by atoms with E-state index in [1.54, 1.807) is 12.4 Å². The summed E-state index contributed by atoms with van der Waals surface area (Å²) in [5.74, 6) is 0.234. The van der Waals surface area contributed by atoms with Gasteiger partial charge in [0.05, 0.1) is 35.0 Å². The van der Waals surface area contributed by atoms with Gasteiger partial charge in [0, 0.05) is 18.0 Å². The van der Waals surface area contributed by atoms with E-state index in [-0.39, 0.29) is 23.3 Å². The molecular weight excluding hydrogens is 402 g/mol. The quantitative estimate of drug-likeness (QED) is 0.406. The molecule has 2 aromatic carbocycles. The molecule has 1 aliphatic rings. The van der Waals surface area contributed by atoms with Gasteiger partial charge in [0.25, 0.3) is 5.91 Å². The third-order valence-electron chi connectivity index (χ3n) is 5.81. The molecule has 0 unspecified atom stereocenters. The number of aromatic nitrogens is 4. The Kier molecular flexibility index (Phi) is 4.01. The number of hydrogen-bond acceptors (Lipinski definition) is 5. The minimum Gasteiger partial charge on any atom is -0.505 e. The minimum atomic E-state index is -0.363. The number of benzene rings is 2. The molecule has 7 nitrogen and oxygen atoms in total. The Labute approximate surface area is 182 Å². The Hall–Kier alpha value is -4.52. The second kappa shape index (κ2) is 7.02. The van der Waals surface area contributed by atoms with Gasteiger partial charge in [0.15, 0.2) is 0 Å².